The quantitative estimate of drug-likeness (QED) is 0.648. The van der Waals surface area contributed by atoms with Gasteiger partial charge in [-0.05, 0) is 25.8 Å². The molecule has 0 aliphatic heterocycles. The maximum atomic E-state index is 14.3. The Morgan fingerprint density at radius 2 is 1.89 bits per heavy atom. The Kier molecular flexibility index (Phi) is 4.08. The molecule has 3 aromatic rings. The van der Waals surface area contributed by atoms with Crippen LogP contribution in [0.5, 0.6) is 5.75 Å². The van der Waals surface area contributed by atoms with Crippen molar-refractivity contribution in [3.63, 3.8) is 0 Å². The second kappa shape index (κ2) is 6.32. The third kappa shape index (κ3) is 3.02. The van der Waals surface area contributed by atoms with Gasteiger partial charge in [-0.15, -0.1) is 10.2 Å². The summed E-state index contributed by atoms with van der Waals surface area (Å²) in [5.74, 6) is -0.590. The molecule has 0 unspecified atom stereocenters. The van der Waals surface area contributed by atoms with Crippen LogP contribution in [0.15, 0.2) is 43.0 Å². The third-order valence-corrected chi connectivity index (χ3v) is 5.02. The molecule has 1 heterocycles. The van der Waals surface area contributed by atoms with E-state index in [2.05, 4.69) is 22.1 Å². The number of hydrogen-bond acceptors (Lipinski definition) is 5. The number of benzene rings is 2. The average Bonchev–Trinajstić information content (AvgIpc) is 2.63. The van der Waals surface area contributed by atoms with Crippen LogP contribution in [0.3, 0.4) is 0 Å². The van der Waals surface area contributed by atoms with E-state index in [4.69, 9.17) is 0 Å². The molecule has 4 rings (SSSR count). The van der Waals surface area contributed by atoms with Crippen LogP contribution in [0.1, 0.15) is 25.3 Å². The molecule has 0 radical (unpaired) electrons. The fraction of sp³-hybridized carbons (Fsp3) is 0.238. The summed E-state index contributed by atoms with van der Waals surface area (Å²) < 4.78 is 14.3. The number of phenols is 1. The van der Waals surface area contributed by atoms with Crippen molar-refractivity contribution < 1.29 is 14.6 Å². The zero-order valence-electron chi connectivity index (χ0n) is 14.9. The molecule has 1 fully saturated rings. The van der Waals surface area contributed by atoms with Crippen molar-refractivity contribution in [2.24, 2.45) is 0 Å². The molecule has 0 atom stereocenters. The number of nitrogens with one attached hydrogen (secondary N) is 1. The van der Waals surface area contributed by atoms with E-state index in [0.717, 1.165) is 10.8 Å². The number of nitrogens with zero attached hydrogens (tertiary/aromatic N) is 2. The summed E-state index contributed by atoms with van der Waals surface area (Å²) in [4.78, 5) is 0. The number of hydrogen-bond donors (Lipinski definition) is 3. The van der Waals surface area contributed by atoms with Crippen LogP contribution in [0.2, 0.25) is 0 Å². The van der Waals surface area contributed by atoms with E-state index in [1.54, 1.807) is 12.1 Å². The smallest absolute Gasteiger partial charge is 0.172 e. The van der Waals surface area contributed by atoms with Gasteiger partial charge in [0.1, 0.15) is 5.69 Å². The van der Waals surface area contributed by atoms with E-state index in [0.29, 0.717) is 24.4 Å². The van der Waals surface area contributed by atoms with Crippen LogP contribution < -0.4 is 5.32 Å². The Labute approximate surface area is 156 Å². The maximum Gasteiger partial charge on any atom is 0.172 e. The minimum Gasteiger partial charge on any atom is -0.504 e. The van der Waals surface area contributed by atoms with Gasteiger partial charge >= 0.3 is 0 Å². The van der Waals surface area contributed by atoms with Crippen LogP contribution in [0.4, 0.5) is 10.2 Å². The normalized spacial score (nSPS) is 21.7. The van der Waals surface area contributed by atoms with E-state index in [-0.39, 0.29) is 17.2 Å². The van der Waals surface area contributed by atoms with Gasteiger partial charge in [-0.3, -0.25) is 0 Å². The summed E-state index contributed by atoms with van der Waals surface area (Å²) in [6.45, 7) is 5.35. The first-order chi connectivity index (χ1) is 12.9. The second-order valence-electron chi connectivity index (χ2n) is 7.26. The van der Waals surface area contributed by atoms with Gasteiger partial charge in [0.05, 0.1) is 5.60 Å². The Hall–Kier alpha value is -2.99. The van der Waals surface area contributed by atoms with E-state index < -0.39 is 17.2 Å². The molecule has 3 N–H and O–H groups in total. The zero-order chi connectivity index (χ0) is 19.2. The lowest BCUT2D eigenvalue weighted by molar-refractivity contribution is -0.0235. The van der Waals surface area contributed by atoms with Crippen LogP contribution in [-0.2, 0) is 0 Å². The highest BCUT2D eigenvalue weighted by molar-refractivity contribution is 6.01. The van der Waals surface area contributed by atoms with Gasteiger partial charge in [-0.1, -0.05) is 43.0 Å². The van der Waals surface area contributed by atoms with Crippen LogP contribution in [0, 0.1) is 5.82 Å². The lowest BCUT2D eigenvalue weighted by Gasteiger charge is -2.41. The molecule has 6 heteroatoms. The minimum atomic E-state index is -0.729. The molecule has 1 saturated carbocycles. The highest BCUT2D eigenvalue weighted by Gasteiger charge is 2.38. The summed E-state index contributed by atoms with van der Waals surface area (Å²) >= 11 is 0. The van der Waals surface area contributed by atoms with Crippen LogP contribution in [0.25, 0.3) is 28.1 Å². The Morgan fingerprint density at radius 1 is 1.19 bits per heavy atom. The van der Waals surface area contributed by atoms with Crippen LogP contribution in [-0.4, -0.2) is 32.1 Å². The van der Waals surface area contributed by atoms with Gasteiger partial charge in [0.15, 0.2) is 17.4 Å². The van der Waals surface area contributed by atoms with Crippen molar-refractivity contribution in [3.8, 4) is 17.0 Å². The first-order valence-electron chi connectivity index (χ1n) is 8.78. The van der Waals surface area contributed by atoms with E-state index in [9.17, 15) is 14.6 Å². The average molecular weight is 365 g/mol. The van der Waals surface area contributed by atoms with Gasteiger partial charge in [-0.2, -0.15) is 0 Å². The topological polar surface area (TPSA) is 78.3 Å². The minimum absolute atomic E-state index is 0.126. The number of aliphatic hydroxyl groups is 1. The summed E-state index contributed by atoms with van der Waals surface area (Å²) in [7, 11) is 0. The molecule has 27 heavy (non-hydrogen) atoms. The van der Waals surface area contributed by atoms with Crippen molar-refractivity contribution in [3.05, 3.63) is 54.4 Å². The summed E-state index contributed by atoms with van der Waals surface area (Å²) in [5.41, 5.74) is 0.268. The number of aromatic hydroxyl groups is 1. The fourth-order valence-electron chi connectivity index (χ4n) is 3.64. The summed E-state index contributed by atoms with van der Waals surface area (Å²) in [5, 5.41) is 33.6. The largest absolute Gasteiger partial charge is 0.504 e. The van der Waals surface area contributed by atoms with Crippen molar-refractivity contribution in [1.82, 2.24) is 10.2 Å². The molecule has 2 aromatic carbocycles. The molecule has 0 spiro atoms. The van der Waals surface area contributed by atoms with Gasteiger partial charge in [0.2, 0.25) is 0 Å². The maximum absolute atomic E-state index is 14.3. The predicted octanol–water partition coefficient (Wildman–Crippen LogP) is 4.11. The lowest BCUT2D eigenvalue weighted by atomic mass is 9.77. The SMILES string of the molecule is C=Cc1ccc(-c2nnc(NC3CC(C)(O)C3)c3ccccc23)c(O)c1F. The summed E-state index contributed by atoms with van der Waals surface area (Å²) in [6, 6.07) is 10.8. The van der Waals surface area contributed by atoms with Gasteiger partial charge in [-0.25, -0.2) is 4.39 Å². The molecule has 1 aliphatic carbocycles. The van der Waals surface area contributed by atoms with E-state index in [1.807, 2.05) is 31.2 Å². The molecule has 1 aliphatic rings. The molecule has 0 bridgehead atoms. The van der Waals surface area contributed by atoms with Crippen molar-refractivity contribution >= 4 is 22.7 Å². The highest BCUT2D eigenvalue weighted by atomic mass is 19.1. The first-order valence-corrected chi connectivity index (χ1v) is 8.78. The monoisotopic (exact) mass is 365 g/mol. The fourth-order valence-corrected chi connectivity index (χ4v) is 3.64. The Morgan fingerprint density at radius 3 is 2.56 bits per heavy atom. The molecule has 0 amide bonds. The van der Waals surface area contributed by atoms with Gasteiger partial charge in [0, 0.05) is 27.9 Å². The van der Waals surface area contributed by atoms with Crippen LogP contribution >= 0.6 is 0 Å². The number of rotatable bonds is 4. The molecule has 5 nitrogen and oxygen atoms in total. The van der Waals surface area contributed by atoms with Crippen molar-refractivity contribution in [1.29, 1.82) is 0 Å². The molecular weight excluding hydrogens is 345 g/mol. The molecule has 1 aromatic heterocycles. The predicted molar refractivity (Wildman–Crippen MR) is 104 cm³/mol. The van der Waals surface area contributed by atoms with Gasteiger partial charge in [0.25, 0.3) is 0 Å². The van der Waals surface area contributed by atoms with Crippen molar-refractivity contribution in [2.45, 2.75) is 31.4 Å². The van der Waals surface area contributed by atoms with Gasteiger partial charge < -0.3 is 15.5 Å². The number of anilines is 1. The first kappa shape index (κ1) is 17.4. The number of halogens is 1. The number of fused-ring (bicyclic) bond motifs is 1. The molecule has 138 valence electrons. The third-order valence-electron chi connectivity index (χ3n) is 5.02. The second-order valence-corrected chi connectivity index (χ2v) is 7.26. The number of aromatic nitrogens is 2. The lowest BCUT2D eigenvalue weighted by Crippen LogP contribution is -2.48. The standard InChI is InChI=1S/C21H20FN3O2/c1-3-12-8-9-16(19(26)17(12)22)18-14-6-4-5-7-15(14)20(25-24-18)23-13-10-21(2,27)11-13/h3-9,13,26-27H,1,10-11H2,2H3,(H,23,25). The molecule has 0 saturated heterocycles. The van der Waals surface area contributed by atoms with E-state index >= 15 is 0 Å². The summed E-state index contributed by atoms with van der Waals surface area (Å²) in [6.07, 6.45) is 2.63. The number of phenolic OH excluding ortho intramolecular Hbond substituents is 1. The molecular formula is C21H20FN3O2. The Balaban J connectivity index is 1.79. The van der Waals surface area contributed by atoms with Crippen molar-refractivity contribution in [2.75, 3.05) is 5.32 Å². The zero-order valence-corrected chi connectivity index (χ0v) is 14.9. The highest BCUT2D eigenvalue weighted by Crippen LogP contribution is 2.39. The van der Waals surface area contributed by atoms with E-state index in [1.165, 1.54) is 6.08 Å². The Bertz CT molecular complexity index is 1040.